The smallest absolute Gasteiger partial charge is 0.270 e. The van der Waals surface area contributed by atoms with Gasteiger partial charge in [-0.3, -0.25) is 0 Å². The molecule has 2 unspecified atom stereocenters. The van der Waals surface area contributed by atoms with Crippen molar-refractivity contribution in [2.75, 3.05) is 0 Å². The normalized spacial score (nSPS) is 26.2. The molecule has 7 atom stereocenters. The summed E-state index contributed by atoms with van der Waals surface area (Å²) in [4.78, 5) is 11.8. The molecule has 1 aromatic carbocycles. The van der Waals surface area contributed by atoms with Gasteiger partial charge < -0.3 is 4.46 Å². The molecule has 0 amide bonds. The quantitative estimate of drug-likeness (QED) is 0.192. The van der Waals surface area contributed by atoms with Crippen LogP contribution in [0.2, 0.25) is 13.1 Å². The van der Waals surface area contributed by atoms with E-state index in [1.54, 1.807) is 13.1 Å². The Bertz CT molecular complexity index is 793. The Morgan fingerprint density at radius 1 is 1.25 bits per heavy atom. The van der Waals surface area contributed by atoms with Crippen molar-refractivity contribution in [3.63, 3.8) is 0 Å². The van der Waals surface area contributed by atoms with Gasteiger partial charge >= 0.3 is 167 Å². The van der Waals surface area contributed by atoms with Crippen molar-refractivity contribution < 1.29 is 18.7 Å². The van der Waals surface area contributed by atoms with E-state index in [1.807, 2.05) is 0 Å². The monoisotopic (exact) mass is 490 g/mol. The summed E-state index contributed by atoms with van der Waals surface area (Å²) in [6, 6.07) is 10.7. The van der Waals surface area contributed by atoms with Crippen molar-refractivity contribution in [2.24, 2.45) is 23.2 Å². The Morgan fingerprint density at radius 3 is 2.50 bits per heavy atom. The van der Waals surface area contributed by atoms with E-state index in [1.165, 1.54) is 5.56 Å². The van der Waals surface area contributed by atoms with Crippen LogP contribution in [0.15, 0.2) is 42.5 Å². The molecule has 1 aliphatic heterocycles. The fraction of sp³-hybridized carbons (Fsp3) is 0.625. The van der Waals surface area contributed by atoms with Crippen molar-refractivity contribution >= 4 is 37.9 Å². The molecule has 32 heavy (non-hydrogen) atoms. The predicted octanol–water partition coefficient (Wildman–Crippen LogP) is 6.06. The van der Waals surface area contributed by atoms with Crippen LogP contribution < -0.4 is 0 Å². The molecular weight excluding hydrogens is 453 g/mol. The molecule has 1 aliphatic carbocycles. The molecule has 4 nitrogen and oxygen atoms in total. The third-order valence-corrected chi connectivity index (χ3v) is 9.44. The summed E-state index contributed by atoms with van der Waals surface area (Å²) in [6.07, 6.45) is 8.49. The van der Waals surface area contributed by atoms with E-state index in [0.717, 1.165) is 26.1 Å². The molecule has 0 radical (unpaired) electrons. The van der Waals surface area contributed by atoms with Gasteiger partial charge in [0.05, 0.1) is 0 Å². The maximum atomic E-state index is 11.8. The van der Waals surface area contributed by atoms with Crippen molar-refractivity contribution in [1.29, 1.82) is 0 Å². The zero-order valence-electron chi connectivity index (χ0n) is 20.0. The minimum absolute atomic E-state index is 0.0514. The maximum Gasteiger partial charge on any atom is 0.270 e. The third kappa shape index (κ3) is 8.84. The number of benzene rings is 1. The van der Waals surface area contributed by atoms with E-state index in [0.29, 0.717) is 46.3 Å². The molecule has 1 saturated heterocycles. The molecule has 1 saturated carbocycles. The number of hydrogen-bond donors (Lipinski definition) is 0. The number of carbonyl (C=O) groups is 1. The molecule has 174 valence electrons. The zero-order chi connectivity index (χ0) is 23.7. The summed E-state index contributed by atoms with van der Waals surface area (Å²) in [5.74, 6) is 1.09. The molecule has 2 aliphatic rings. The van der Waals surface area contributed by atoms with Crippen molar-refractivity contribution in [1.82, 2.24) is 0 Å². The second kappa shape index (κ2) is 13.2. The first-order chi connectivity index (χ1) is 15.1. The first-order valence-electron chi connectivity index (χ1n) is 11.5. The predicted molar refractivity (Wildman–Crippen MR) is 138 cm³/mol. The Balaban J connectivity index is 0.000000837. The Labute approximate surface area is 199 Å². The van der Waals surface area contributed by atoms with Gasteiger partial charge in [0.15, 0.2) is 0 Å². The minimum atomic E-state index is -1.13. The Kier molecular flexibility index (Phi) is 11.3. The molecular formula is C24H37BO4P2Si. The van der Waals surface area contributed by atoms with Gasteiger partial charge in [-0.25, -0.2) is 0 Å². The molecule has 1 heterocycles. The zero-order valence-corrected chi connectivity index (χ0v) is 23.0. The van der Waals surface area contributed by atoms with Crippen LogP contribution in [0.25, 0.3) is 0 Å². The van der Waals surface area contributed by atoms with Crippen LogP contribution in [0.4, 0.5) is 0 Å². The topological polar surface area (TPSA) is 60.4 Å². The molecule has 0 N–H and O–H groups in total. The van der Waals surface area contributed by atoms with E-state index in [2.05, 4.69) is 63.3 Å². The van der Waals surface area contributed by atoms with Gasteiger partial charge in [0.25, 0.3) is 8.68 Å². The fourth-order valence-electron chi connectivity index (χ4n) is 4.56. The molecule has 3 rings (SSSR count). The molecule has 2 fully saturated rings. The summed E-state index contributed by atoms with van der Waals surface area (Å²) in [5.41, 5.74) is 2.05. The number of hydrogen-bond acceptors (Lipinski definition) is 4. The van der Waals surface area contributed by atoms with Gasteiger partial charge in [0.2, 0.25) is 0 Å². The van der Waals surface area contributed by atoms with Gasteiger partial charge in [-0.05, 0) is 13.1 Å². The standard InChI is InChI=1S/C22H31BO3P2.C2H6OSi/c1-22(2,3)16(10-9-15-7-5-4-6-8-15)11-12-17-18-13-21(24)26-19(18)14-20(17)27-28-23-25;1-4(2)3/h4-8,11-12,16-20,27-28H,9-10,13-14H2,1-3H3;1-2H3/b12-11+;/t16-,17+,18+,19-,20+;/m0./s1. The molecule has 0 bridgehead atoms. The van der Waals surface area contributed by atoms with Crippen LogP contribution in [0, 0.1) is 23.2 Å². The summed E-state index contributed by atoms with van der Waals surface area (Å²) in [7, 11) is -0.101. The van der Waals surface area contributed by atoms with Gasteiger partial charge in [-0.1, -0.05) is 6.07 Å². The van der Waals surface area contributed by atoms with Crippen LogP contribution in [-0.2, 0) is 25.1 Å². The van der Waals surface area contributed by atoms with Crippen LogP contribution >= 0.6 is 16.4 Å². The maximum absolute atomic E-state index is 11.8. The largest absolute Gasteiger partial charge is 0.389 e. The summed E-state index contributed by atoms with van der Waals surface area (Å²) in [5, 5.41) is 0. The molecule has 0 spiro atoms. The summed E-state index contributed by atoms with van der Waals surface area (Å²) in [6.45, 7) is 11.4. The number of allylic oxidation sites excluding steroid dienone is 2. The number of ether oxygens (including phenoxy) is 1. The van der Waals surface area contributed by atoms with Crippen LogP contribution in [0.5, 0.6) is 0 Å². The van der Waals surface area contributed by atoms with E-state index in [9.17, 15) is 14.0 Å². The SMILES string of the molecule is CC(C)(C)[C@H](/C=C/[C@@H]1[C@H]2CC(=O)O[C@H]2C[C@H]1PPB=O)CCc1ccccc1.C[Si](C)=O. The summed E-state index contributed by atoms with van der Waals surface area (Å²) >= 11 is 0. The Morgan fingerprint density at radius 2 is 1.91 bits per heavy atom. The van der Waals surface area contributed by atoms with Gasteiger partial charge in [-0.15, -0.1) is 0 Å². The molecule has 1 aromatic rings. The first-order valence-corrected chi connectivity index (χ1v) is 17.0. The number of carbonyl (C=O) groups excluding carboxylic acids is 1. The van der Waals surface area contributed by atoms with Gasteiger partial charge in [0, 0.05) is 0 Å². The van der Waals surface area contributed by atoms with Crippen molar-refractivity contribution in [3.8, 4) is 0 Å². The number of aryl methyl sites for hydroxylation is 1. The van der Waals surface area contributed by atoms with Crippen LogP contribution in [-0.4, -0.2) is 33.3 Å². The average molecular weight is 490 g/mol. The average Bonchev–Trinajstić information content (AvgIpc) is 3.21. The fourth-order valence-corrected chi connectivity index (χ4v) is 7.52. The van der Waals surface area contributed by atoms with Crippen LogP contribution in [0.3, 0.4) is 0 Å². The van der Waals surface area contributed by atoms with Crippen LogP contribution in [0.1, 0.15) is 45.6 Å². The third-order valence-electron chi connectivity index (χ3n) is 6.20. The summed E-state index contributed by atoms with van der Waals surface area (Å²) < 4.78 is 26.1. The first kappa shape index (κ1) is 27.4. The van der Waals surface area contributed by atoms with Crippen molar-refractivity contribution in [2.45, 2.75) is 71.3 Å². The second-order valence-corrected chi connectivity index (χ2v) is 15.1. The molecule has 0 aromatic heterocycles. The molecule has 8 heteroatoms. The van der Waals surface area contributed by atoms with E-state index in [-0.39, 0.29) is 17.5 Å². The number of esters is 1. The number of fused-ring (bicyclic) bond motifs is 1. The minimum Gasteiger partial charge on any atom is -0.389 e. The Hall–Kier alpha value is -0.828. The van der Waals surface area contributed by atoms with E-state index >= 15 is 0 Å². The van der Waals surface area contributed by atoms with E-state index < -0.39 is 8.68 Å². The number of rotatable bonds is 8. The van der Waals surface area contributed by atoms with Crippen molar-refractivity contribution in [3.05, 3.63) is 48.0 Å². The second-order valence-electron chi connectivity index (χ2n) is 10.0. The van der Waals surface area contributed by atoms with E-state index in [4.69, 9.17) is 4.74 Å². The van der Waals surface area contributed by atoms with Gasteiger partial charge in [0.1, 0.15) is 0 Å². The van der Waals surface area contributed by atoms with Gasteiger partial charge in [-0.2, -0.15) is 0 Å².